The smallest absolute Gasteiger partial charge is 0.257 e. The summed E-state index contributed by atoms with van der Waals surface area (Å²) in [7, 11) is 1.60. The van der Waals surface area contributed by atoms with Crippen LogP contribution in [0, 0.1) is 0 Å². The molecule has 6 nitrogen and oxygen atoms in total. The van der Waals surface area contributed by atoms with Crippen molar-refractivity contribution >= 4 is 28.3 Å². The lowest BCUT2D eigenvalue weighted by Gasteiger charge is -2.23. The van der Waals surface area contributed by atoms with Crippen LogP contribution in [0.15, 0.2) is 0 Å². The van der Waals surface area contributed by atoms with Gasteiger partial charge in [0.05, 0.1) is 0 Å². The Morgan fingerprint density at radius 2 is 2.42 bits per heavy atom. The maximum atomic E-state index is 11.8. The molecule has 19 heavy (non-hydrogen) atoms. The number of nitrogens with two attached hydrogens (primary N) is 1. The van der Waals surface area contributed by atoms with Gasteiger partial charge < -0.3 is 16.4 Å². The van der Waals surface area contributed by atoms with Gasteiger partial charge in [-0.15, -0.1) is 0 Å². The molecule has 7 heteroatoms. The Morgan fingerprint density at radius 1 is 1.63 bits per heavy atom. The first kappa shape index (κ1) is 14.1. The van der Waals surface area contributed by atoms with Crippen LogP contribution in [0.1, 0.15) is 30.1 Å². The van der Waals surface area contributed by atoms with Gasteiger partial charge >= 0.3 is 0 Å². The number of hydrogen-bond acceptors (Lipinski definition) is 6. The molecule has 2 heterocycles. The lowest BCUT2D eigenvalue weighted by molar-refractivity contribution is 0.0965. The topological polar surface area (TPSA) is 83.3 Å². The summed E-state index contributed by atoms with van der Waals surface area (Å²) >= 11 is 1.25. The minimum Gasteiger partial charge on any atom is -0.382 e. The highest BCUT2D eigenvalue weighted by molar-refractivity contribution is 7.11. The summed E-state index contributed by atoms with van der Waals surface area (Å²) in [4.78, 5) is 14.2. The number of nitrogens with one attached hydrogen (secondary N) is 2. The van der Waals surface area contributed by atoms with E-state index >= 15 is 0 Å². The molecule has 4 N–H and O–H groups in total. The van der Waals surface area contributed by atoms with Gasteiger partial charge in [-0.2, -0.15) is 4.37 Å². The zero-order chi connectivity index (χ0) is 13.8. The molecule has 1 aliphatic rings. The number of carbonyl (C=O) groups is 1. The van der Waals surface area contributed by atoms with E-state index in [0.717, 1.165) is 24.6 Å². The second-order valence-corrected chi connectivity index (χ2v) is 5.43. The van der Waals surface area contributed by atoms with Gasteiger partial charge in [0.1, 0.15) is 10.6 Å². The summed E-state index contributed by atoms with van der Waals surface area (Å²) in [5.41, 5.74) is 6.21. The van der Waals surface area contributed by atoms with E-state index in [9.17, 15) is 4.79 Å². The summed E-state index contributed by atoms with van der Waals surface area (Å²) in [6.07, 6.45) is 2.44. The van der Waals surface area contributed by atoms with Crippen molar-refractivity contribution in [3.05, 3.63) is 5.56 Å². The lowest BCUT2D eigenvalue weighted by atomic mass is 10.2. The van der Waals surface area contributed by atoms with E-state index in [0.29, 0.717) is 17.4 Å². The van der Waals surface area contributed by atoms with Crippen molar-refractivity contribution in [3.8, 4) is 0 Å². The number of likely N-dealkylation sites (N-methyl/N-ethyl adjacent to an activating group) is 1. The maximum Gasteiger partial charge on any atom is 0.257 e. The molecule has 0 spiro atoms. The lowest BCUT2D eigenvalue weighted by Crippen LogP contribution is -2.34. The Bertz CT molecular complexity index is 447. The van der Waals surface area contributed by atoms with Gasteiger partial charge in [-0.3, -0.25) is 9.69 Å². The minimum atomic E-state index is -0.187. The predicted molar refractivity (Wildman–Crippen MR) is 78.7 cm³/mol. The van der Waals surface area contributed by atoms with Gasteiger partial charge in [0, 0.05) is 19.6 Å². The van der Waals surface area contributed by atoms with Gasteiger partial charge in [-0.25, -0.2) is 0 Å². The summed E-state index contributed by atoms with van der Waals surface area (Å²) < 4.78 is 4.05. The van der Waals surface area contributed by atoms with Crippen LogP contribution in [0.5, 0.6) is 0 Å². The number of aromatic nitrogens is 1. The van der Waals surface area contributed by atoms with Gasteiger partial charge in [0.2, 0.25) is 0 Å². The summed E-state index contributed by atoms with van der Waals surface area (Å²) in [5, 5.41) is 6.69. The Labute approximate surface area is 117 Å². The number of likely N-dealkylation sites (tertiary alicyclic amines) is 1. The molecule has 0 radical (unpaired) electrons. The standard InChI is InChI=1S/C12H21N5OS/c1-3-17-6-4-5-8(17)7-15-12-9(11(18)14-2)10(13)16-19-12/h8,15H,3-7H2,1-2H3,(H2,13,16)(H,14,18). The van der Waals surface area contributed by atoms with E-state index in [1.807, 2.05) is 0 Å². The van der Waals surface area contributed by atoms with Gasteiger partial charge in [-0.05, 0) is 37.5 Å². The fourth-order valence-electron chi connectivity index (χ4n) is 2.52. The number of nitrogen functional groups attached to an aromatic ring is 1. The molecule has 0 bridgehead atoms. The molecule has 0 aromatic carbocycles. The van der Waals surface area contributed by atoms with E-state index < -0.39 is 0 Å². The molecule has 1 aromatic rings. The number of rotatable bonds is 5. The third-order valence-electron chi connectivity index (χ3n) is 3.58. The van der Waals surface area contributed by atoms with Gasteiger partial charge in [-0.1, -0.05) is 6.92 Å². The average Bonchev–Trinajstić information content (AvgIpc) is 3.01. The van der Waals surface area contributed by atoms with Crippen LogP contribution in [0.25, 0.3) is 0 Å². The van der Waals surface area contributed by atoms with Crippen LogP contribution >= 0.6 is 11.5 Å². The molecule has 0 saturated carbocycles. The first-order valence-electron chi connectivity index (χ1n) is 6.62. The highest BCUT2D eigenvalue weighted by Gasteiger charge is 2.24. The van der Waals surface area contributed by atoms with E-state index in [1.54, 1.807) is 7.05 Å². The van der Waals surface area contributed by atoms with Crippen LogP contribution in [-0.2, 0) is 0 Å². The number of nitrogens with zero attached hydrogens (tertiary/aromatic N) is 2. The Morgan fingerprint density at radius 3 is 3.11 bits per heavy atom. The Kier molecular flexibility index (Phi) is 4.60. The molecular weight excluding hydrogens is 262 g/mol. The number of anilines is 2. The van der Waals surface area contributed by atoms with Crippen LogP contribution in [0.2, 0.25) is 0 Å². The largest absolute Gasteiger partial charge is 0.382 e. The molecule has 1 aliphatic heterocycles. The summed E-state index contributed by atoms with van der Waals surface area (Å²) in [5.74, 6) is 0.109. The molecule has 1 unspecified atom stereocenters. The average molecular weight is 283 g/mol. The molecule has 1 amide bonds. The molecule has 1 aromatic heterocycles. The summed E-state index contributed by atoms with van der Waals surface area (Å²) in [6, 6.07) is 0.533. The normalized spacial score (nSPS) is 19.6. The number of hydrogen-bond donors (Lipinski definition) is 3. The molecule has 1 fully saturated rings. The molecule has 1 saturated heterocycles. The quantitative estimate of drug-likeness (QED) is 0.750. The van der Waals surface area contributed by atoms with Crippen LogP contribution < -0.4 is 16.4 Å². The van der Waals surface area contributed by atoms with Crippen molar-refractivity contribution in [3.63, 3.8) is 0 Å². The molecule has 1 atom stereocenters. The maximum absolute atomic E-state index is 11.8. The Hall–Kier alpha value is -1.34. The Balaban J connectivity index is 2.02. The van der Waals surface area contributed by atoms with Crippen LogP contribution in [0.3, 0.4) is 0 Å². The summed E-state index contributed by atoms with van der Waals surface area (Å²) in [6.45, 7) is 5.24. The van der Waals surface area contributed by atoms with Crippen molar-refractivity contribution in [1.82, 2.24) is 14.6 Å². The number of amides is 1. The van der Waals surface area contributed by atoms with Crippen molar-refractivity contribution in [2.45, 2.75) is 25.8 Å². The molecule has 106 valence electrons. The fourth-order valence-corrected chi connectivity index (χ4v) is 3.24. The van der Waals surface area contributed by atoms with Crippen molar-refractivity contribution in [2.24, 2.45) is 0 Å². The third-order valence-corrected chi connectivity index (χ3v) is 4.40. The highest BCUT2D eigenvalue weighted by atomic mass is 32.1. The number of carbonyl (C=O) groups excluding carboxylic acids is 1. The minimum absolute atomic E-state index is 0.187. The second-order valence-electron chi connectivity index (χ2n) is 4.66. The van der Waals surface area contributed by atoms with Crippen molar-refractivity contribution < 1.29 is 4.79 Å². The van der Waals surface area contributed by atoms with E-state index in [1.165, 1.54) is 24.4 Å². The van der Waals surface area contributed by atoms with Crippen molar-refractivity contribution in [2.75, 3.05) is 37.7 Å². The van der Waals surface area contributed by atoms with Gasteiger partial charge in [0.25, 0.3) is 5.91 Å². The predicted octanol–water partition coefficient (Wildman–Crippen LogP) is 0.981. The molecule has 2 rings (SSSR count). The highest BCUT2D eigenvalue weighted by Crippen LogP contribution is 2.27. The van der Waals surface area contributed by atoms with E-state index in [2.05, 4.69) is 26.8 Å². The van der Waals surface area contributed by atoms with Crippen LogP contribution in [-0.4, -0.2) is 47.9 Å². The zero-order valence-corrected chi connectivity index (χ0v) is 12.2. The first-order valence-corrected chi connectivity index (χ1v) is 7.39. The first-order chi connectivity index (χ1) is 9.17. The SMILES string of the molecule is CCN1CCCC1CNc1snc(N)c1C(=O)NC. The molecule has 0 aliphatic carbocycles. The van der Waals surface area contributed by atoms with Crippen LogP contribution in [0.4, 0.5) is 10.8 Å². The fraction of sp³-hybridized carbons (Fsp3) is 0.667. The third kappa shape index (κ3) is 2.98. The van der Waals surface area contributed by atoms with Crippen molar-refractivity contribution in [1.29, 1.82) is 0 Å². The van der Waals surface area contributed by atoms with E-state index in [4.69, 9.17) is 5.73 Å². The second kappa shape index (κ2) is 6.21. The monoisotopic (exact) mass is 283 g/mol. The van der Waals surface area contributed by atoms with E-state index in [-0.39, 0.29) is 5.91 Å². The van der Waals surface area contributed by atoms with Gasteiger partial charge in [0.15, 0.2) is 5.82 Å². The zero-order valence-electron chi connectivity index (χ0n) is 11.4. The molecular formula is C12H21N5OS.